The summed E-state index contributed by atoms with van der Waals surface area (Å²) >= 11 is 0. The lowest BCUT2D eigenvalue weighted by Crippen LogP contribution is -2.48. The van der Waals surface area contributed by atoms with E-state index in [1.165, 1.54) is 17.7 Å². The number of anilines is 1. The summed E-state index contributed by atoms with van der Waals surface area (Å²) in [6, 6.07) is 7.12. The summed E-state index contributed by atoms with van der Waals surface area (Å²) in [6.45, 7) is 2.25. The SMILES string of the molecule is COC(=O)c1ccc(N2CCN(S(C)(=O)=O)CC2)cc1. The third kappa shape index (κ3) is 3.29. The highest BCUT2D eigenvalue weighted by molar-refractivity contribution is 7.88. The van der Waals surface area contributed by atoms with Gasteiger partial charge in [0.2, 0.25) is 10.0 Å². The van der Waals surface area contributed by atoms with Crippen LogP contribution in [0.5, 0.6) is 0 Å². The number of benzene rings is 1. The Morgan fingerprint density at radius 3 is 2.10 bits per heavy atom. The van der Waals surface area contributed by atoms with Crippen LogP contribution in [0.25, 0.3) is 0 Å². The van der Waals surface area contributed by atoms with Crippen molar-refractivity contribution in [3.8, 4) is 0 Å². The molecule has 0 saturated carbocycles. The van der Waals surface area contributed by atoms with Crippen molar-refractivity contribution in [1.82, 2.24) is 4.31 Å². The molecule has 110 valence electrons. The van der Waals surface area contributed by atoms with Crippen LogP contribution in [0.1, 0.15) is 10.4 Å². The van der Waals surface area contributed by atoms with E-state index in [-0.39, 0.29) is 5.97 Å². The number of hydrogen-bond acceptors (Lipinski definition) is 5. The van der Waals surface area contributed by atoms with Gasteiger partial charge in [0.25, 0.3) is 0 Å². The van der Waals surface area contributed by atoms with Gasteiger partial charge in [-0.2, -0.15) is 4.31 Å². The van der Waals surface area contributed by atoms with E-state index in [1.807, 2.05) is 12.1 Å². The lowest BCUT2D eigenvalue weighted by Gasteiger charge is -2.34. The van der Waals surface area contributed by atoms with Crippen LogP contribution in [0, 0.1) is 0 Å². The Bertz CT molecular complexity index is 575. The molecule has 1 aliphatic rings. The quantitative estimate of drug-likeness (QED) is 0.763. The molecule has 1 fully saturated rings. The first kappa shape index (κ1) is 14.8. The molecular formula is C13H18N2O4S. The second-order valence-corrected chi connectivity index (χ2v) is 6.67. The molecule has 1 heterocycles. The molecule has 1 aromatic carbocycles. The summed E-state index contributed by atoms with van der Waals surface area (Å²) in [5.74, 6) is -0.363. The zero-order valence-corrected chi connectivity index (χ0v) is 12.4. The molecule has 0 N–H and O–H groups in total. The molecule has 1 aromatic rings. The van der Waals surface area contributed by atoms with Crippen molar-refractivity contribution in [1.29, 1.82) is 0 Å². The van der Waals surface area contributed by atoms with Gasteiger partial charge in [0.15, 0.2) is 0 Å². The van der Waals surface area contributed by atoms with Crippen molar-refractivity contribution in [2.24, 2.45) is 0 Å². The van der Waals surface area contributed by atoms with Crippen LogP contribution in [0.4, 0.5) is 5.69 Å². The van der Waals surface area contributed by atoms with Crippen LogP contribution in [-0.4, -0.2) is 58.2 Å². The number of esters is 1. The van der Waals surface area contributed by atoms with Crippen molar-refractivity contribution in [2.75, 3.05) is 44.4 Å². The van der Waals surface area contributed by atoms with E-state index in [4.69, 9.17) is 0 Å². The molecule has 0 atom stereocenters. The Balaban J connectivity index is 2.02. The normalized spacial score (nSPS) is 17.0. The van der Waals surface area contributed by atoms with Crippen LogP contribution in [0.15, 0.2) is 24.3 Å². The van der Waals surface area contributed by atoms with Gasteiger partial charge < -0.3 is 9.64 Å². The molecule has 2 rings (SSSR count). The molecule has 0 amide bonds. The number of nitrogens with zero attached hydrogens (tertiary/aromatic N) is 2. The summed E-state index contributed by atoms with van der Waals surface area (Å²) < 4.78 is 29.0. The van der Waals surface area contributed by atoms with Crippen LogP contribution >= 0.6 is 0 Å². The Labute approximate surface area is 119 Å². The Hall–Kier alpha value is -1.60. The predicted octanol–water partition coefficient (Wildman–Crippen LogP) is 0.555. The summed E-state index contributed by atoms with van der Waals surface area (Å²) in [5, 5.41) is 0. The second-order valence-electron chi connectivity index (χ2n) is 4.69. The molecule has 0 radical (unpaired) electrons. The van der Waals surface area contributed by atoms with Crippen LogP contribution < -0.4 is 4.90 Å². The van der Waals surface area contributed by atoms with Gasteiger partial charge in [0.1, 0.15) is 0 Å². The monoisotopic (exact) mass is 298 g/mol. The number of ether oxygens (including phenoxy) is 1. The number of hydrogen-bond donors (Lipinski definition) is 0. The molecule has 0 aromatic heterocycles. The van der Waals surface area contributed by atoms with E-state index in [0.29, 0.717) is 31.7 Å². The van der Waals surface area contributed by atoms with Gasteiger partial charge in [0.05, 0.1) is 18.9 Å². The third-order valence-electron chi connectivity index (χ3n) is 3.36. The molecule has 1 saturated heterocycles. The second kappa shape index (κ2) is 5.80. The zero-order chi connectivity index (χ0) is 14.8. The molecule has 0 aliphatic carbocycles. The van der Waals surface area contributed by atoms with Gasteiger partial charge in [-0.05, 0) is 24.3 Å². The maximum Gasteiger partial charge on any atom is 0.337 e. The fourth-order valence-corrected chi connectivity index (χ4v) is 3.03. The van der Waals surface area contributed by atoms with Gasteiger partial charge in [-0.3, -0.25) is 0 Å². The van der Waals surface area contributed by atoms with E-state index >= 15 is 0 Å². The highest BCUT2D eigenvalue weighted by atomic mass is 32.2. The summed E-state index contributed by atoms with van der Waals surface area (Å²) in [4.78, 5) is 13.4. The standard InChI is InChI=1S/C13H18N2O4S/c1-19-13(16)11-3-5-12(6-4-11)14-7-9-15(10-8-14)20(2,17)18/h3-6H,7-10H2,1-2H3. The average Bonchev–Trinajstić information content (AvgIpc) is 2.46. The largest absolute Gasteiger partial charge is 0.465 e. The smallest absolute Gasteiger partial charge is 0.337 e. The van der Waals surface area contributed by atoms with Gasteiger partial charge in [-0.1, -0.05) is 0 Å². The van der Waals surface area contributed by atoms with Crippen molar-refractivity contribution in [2.45, 2.75) is 0 Å². The number of piperazine rings is 1. The molecule has 20 heavy (non-hydrogen) atoms. The van der Waals surface area contributed by atoms with Crippen molar-refractivity contribution in [3.63, 3.8) is 0 Å². The van der Waals surface area contributed by atoms with Crippen molar-refractivity contribution in [3.05, 3.63) is 29.8 Å². The Morgan fingerprint density at radius 2 is 1.65 bits per heavy atom. The van der Waals surface area contributed by atoms with E-state index in [9.17, 15) is 13.2 Å². The zero-order valence-electron chi connectivity index (χ0n) is 11.6. The summed E-state index contributed by atoms with van der Waals surface area (Å²) in [5.41, 5.74) is 1.48. The van der Waals surface area contributed by atoms with Crippen LogP contribution in [0.3, 0.4) is 0 Å². The maximum absolute atomic E-state index is 11.4. The fraction of sp³-hybridized carbons (Fsp3) is 0.462. The number of methoxy groups -OCH3 is 1. The molecule has 7 heteroatoms. The van der Waals surface area contributed by atoms with Gasteiger partial charge in [-0.25, -0.2) is 13.2 Å². The number of rotatable bonds is 3. The molecule has 0 unspecified atom stereocenters. The maximum atomic E-state index is 11.4. The number of carbonyl (C=O) groups is 1. The first-order chi connectivity index (χ1) is 9.41. The third-order valence-corrected chi connectivity index (χ3v) is 4.66. The molecule has 0 spiro atoms. The Morgan fingerprint density at radius 1 is 1.10 bits per heavy atom. The molecule has 0 bridgehead atoms. The summed E-state index contributed by atoms with van der Waals surface area (Å²) in [7, 11) is -1.76. The molecular weight excluding hydrogens is 280 g/mol. The topological polar surface area (TPSA) is 66.9 Å². The highest BCUT2D eigenvalue weighted by Crippen LogP contribution is 2.18. The Kier molecular flexibility index (Phi) is 4.29. The molecule has 1 aliphatic heterocycles. The van der Waals surface area contributed by atoms with E-state index in [0.717, 1.165) is 5.69 Å². The van der Waals surface area contributed by atoms with Gasteiger partial charge >= 0.3 is 5.97 Å². The minimum absolute atomic E-state index is 0.363. The van der Waals surface area contributed by atoms with Crippen LogP contribution in [0.2, 0.25) is 0 Å². The lowest BCUT2D eigenvalue weighted by atomic mass is 10.2. The van der Waals surface area contributed by atoms with E-state index in [2.05, 4.69) is 9.64 Å². The minimum Gasteiger partial charge on any atom is -0.465 e. The van der Waals surface area contributed by atoms with Crippen molar-refractivity contribution >= 4 is 21.7 Å². The number of carbonyl (C=O) groups excluding carboxylic acids is 1. The first-order valence-corrected chi connectivity index (χ1v) is 8.15. The van der Waals surface area contributed by atoms with Crippen LogP contribution in [-0.2, 0) is 14.8 Å². The summed E-state index contributed by atoms with van der Waals surface area (Å²) in [6.07, 6.45) is 1.23. The average molecular weight is 298 g/mol. The fourth-order valence-electron chi connectivity index (χ4n) is 2.20. The van der Waals surface area contributed by atoms with Gasteiger partial charge in [0, 0.05) is 31.9 Å². The van der Waals surface area contributed by atoms with E-state index < -0.39 is 10.0 Å². The molecule has 6 nitrogen and oxygen atoms in total. The lowest BCUT2D eigenvalue weighted by molar-refractivity contribution is 0.0600. The highest BCUT2D eigenvalue weighted by Gasteiger charge is 2.23. The predicted molar refractivity (Wildman–Crippen MR) is 76.4 cm³/mol. The van der Waals surface area contributed by atoms with E-state index in [1.54, 1.807) is 12.1 Å². The van der Waals surface area contributed by atoms with Crippen molar-refractivity contribution < 1.29 is 17.9 Å². The number of sulfonamides is 1. The van der Waals surface area contributed by atoms with Gasteiger partial charge in [-0.15, -0.1) is 0 Å². The first-order valence-electron chi connectivity index (χ1n) is 6.30. The minimum atomic E-state index is -3.11.